The fourth-order valence-corrected chi connectivity index (χ4v) is 3.14. The maximum atomic E-state index is 13.7. The van der Waals surface area contributed by atoms with Crippen LogP contribution in [-0.4, -0.2) is 25.0 Å². The minimum absolute atomic E-state index is 0.194. The zero-order valence-corrected chi connectivity index (χ0v) is 12.3. The zero-order valence-electron chi connectivity index (χ0n) is 10.7. The van der Waals surface area contributed by atoms with Crippen LogP contribution in [0.15, 0.2) is 22.7 Å². The first-order chi connectivity index (χ1) is 8.63. The van der Waals surface area contributed by atoms with Gasteiger partial charge in [-0.2, -0.15) is 0 Å². The zero-order chi connectivity index (χ0) is 13.1. The molecule has 0 aliphatic carbocycles. The summed E-state index contributed by atoms with van der Waals surface area (Å²) >= 11 is 3.20. The van der Waals surface area contributed by atoms with Gasteiger partial charge in [0, 0.05) is 6.04 Å². The van der Waals surface area contributed by atoms with Gasteiger partial charge < -0.3 is 5.73 Å². The summed E-state index contributed by atoms with van der Waals surface area (Å²) in [5.74, 6) is 0.221. The highest BCUT2D eigenvalue weighted by molar-refractivity contribution is 9.10. The van der Waals surface area contributed by atoms with Crippen molar-refractivity contribution in [3.8, 4) is 0 Å². The van der Waals surface area contributed by atoms with Gasteiger partial charge in [-0.15, -0.1) is 0 Å². The summed E-state index contributed by atoms with van der Waals surface area (Å²) in [5.41, 5.74) is 6.94. The van der Waals surface area contributed by atoms with Crippen LogP contribution in [0.4, 0.5) is 4.39 Å². The highest BCUT2D eigenvalue weighted by Gasteiger charge is 2.28. The molecule has 0 aromatic heterocycles. The second kappa shape index (κ2) is 6.13. The molecule has 1 saturated heterocycles. The van der Waals surface area contributed by atoms with E-state index in [4.69, 9.17) is 5.73 Å². The Bertz CT molecular complexity index is 411. The number of benzene rings is 1. The van der Waals surface area contributed by atoms with E-state index in [1.54, 1.807) is 12.1 Å². The molecule has 0 saturated carbocycles. The number of rotatable bonds is 2. The van der Waals surface area contributed by atoms with Crippen molar-refractivity contribution < 1.29 is 4.39 Å². The SMILES string of the molecule is CN1CCCCC(CN)C1c1ccc(Br)c(F)c1. The second-order valence-electron chi connectivity index (χ2n) is 5.09. The third kappa shape index (κ3) is 2.92. The number of nitrogens with two attached hydrogens (primary N) is 1. The average molecular weight is 315 g/mol. The van der Waals surface area contributed by atoms with Crippen LogP contribution >= 0.6 is 15.9 Å². The molecule has 4 heteroatoms. The summed E-state index contributed by atoms with van der Waals surface area (Å²) in [5, 5.41) is 0. The Morgan fingerprint density at radius 2 is 2.22 bits per heavy atom. The highest BCUT2D eigenvalue weighted by Crippen LogP contribution is 2.34. The summed E-state index contributed by atoms with van der Waals surface area (Å²) in [7, 11) is 2.11. The molecule has 1 fully saturated rings. The van der Waals surface area contributed by atoms with Gasteiger partial charge in [-0.3, -0.25) is 4.90 Å². The maximum Gasteiger partial charge on any atom is 0.137 e. The van der Waals surface area contributed by atoms with Gasteiger partial charge in [-0.05, 0) is 72.5 Å². The van der Waals surface area contributed by atoms with E-state index in [9.17, 15) is 4.39 Å². The van der Waals surface area contributed by atoms with Crippen LogP contribution < -0.4 is 5.73 Å². The summed E-state index contributed by atoms with van der Waals surface area (Å²) in [6.45, 7) is 1.71. The molecule has 100 valence electrons. The van der Waals surface area contributed by atoms with E-state index >= 15 is 0 Å². The number of likely N-dealkylation sites (tertiary alicyclic amines) is 1. The van der Waals surface area contributed by atoms with Crippen LogP contribution in [0, 0.1) is 11.7 Å². The van der Waals surface area contributed by atoms with Crippen molar-refractivity contribution in [1.29, 1.82) is 0 Å². The van der Waals surface area contributed by atoms with Crippen molar-refractivity contribution in [3.05, 3.63) is 34.1 Å². The van der Waals surface area contributed by atoms with E-state index in [2.05, 4.69) is 27.9 Å². The van der Waals surface area contributed by atoms with Crippen LogP contribution in [0.25, 0.3) is 0 Å². The molecule has 2 rings (SSSR count). The fraction of sp³-hybridized carbons (Fsp3) is 0.571. The molecule has 1 heterocycles. The predicted octanol–water partition coefficient (Wildman–Crippen LogP) is 3.32. The van der Waals surface area contributed by atoms with Crippen molar-refractivity contribution in [3.63, 3.8) is 0 Å². The van der Waals surface area contributed by atoms with E-state index in [1.807, 2.05) is 6.07 Å². The first-order valence-electron chi connectivity index (χ1n) is 6.48. The summed E-state index contributed by atoms with van der Waals surface area (Å²) in [6.07, 6.45) is 3.54. The summed E-state index contributed by atoms with van der Waals surface area (Å²) < 4.78 is 14.2. The quantitative estimate of drug-likeness (QED) is 0.907. The third-order valence-electron chi connectivity index (χ3n) is 3.85. The van der Waals surface area contributed by atoms with Gasteiger partial charge in [0.1, 0.15) is 5.82 Å². The molecule has 1 aliphatic heterocycles. The van der Waals surface area contributed by atoms with Gasteiger partial charge in [0.2, 0.25) is 0 Å². The average Bonchev–Trinajstić information content (AvgIpc) is 2.54. The molecular weight excluding hydrogens is 295 g/mol. The predicted molar refractivity (Wildman–Crippen MR) is 75.9 cm³/mol. The van der Waals surface area contributed by atoms with Gasteiger partial charge in [-0.25, -0.2) is 4.39 Å². The number of halogens is 2. The molecule has 1 aliphatic rings. The Hall–Kier alpha value is -0.450. The van der Waals surface area contributed by atoms with Crippen molar-refractivity contribution in [1.82, 2.24) is 4.90 Å². The maximum absolute atomic E-state index is 13.7. The Kier molecular flexibility index (Phi) is 4.76. The van der Waals surface area contributed by atoms with Crippen LogP contribution in [0.3, 0.4) is 0 Å². The van der Waals surface area contributed by atoms with E-state index in [0.29, 0.717) is 16.9 Å². The van der Waals surface area contributed by atoms with E-state index in [0.717, 1.165) is 18.5 Å². The van der Waals surface area contributed by atoms with Crippen molar-refractivity contribution >= 4 is 15.9 Å². The minimum atomic E-state index is -0.194. The Labute approximate surface area is 116 Å². The number of nitrogens with zero attached hydrogens (tertiary/aromatic N) is 1. The molecule has 2 N–H and O–H groups in total. The Morgan fingerprint density at radius 1 is 1.44 bits per heavy atom. The Balaban J connectivity index is 2.33. The molecule has 18 heavy (non-hydrogen) atoms. The molecular formula is C14H20BrFN2. The van der Waals surface area contributed by atoms with Gasteiger partial charge >= 0.3 is 0 Å². The normalized spacial score (nSPS) is 26.0. The molecule has 0 spiro atoms. The molecule has 0 amide bonds. The van der Waals surface area contributed by atoms with E-state index in [-0.39, 0.29) is 11.9 Å². The third-order valence-corrected chi connectivity index (χ3v) is 4.49. The van der Waals surface area contributed by atoms with E-state index < -0.39 is 0 Å². The van der Waals surface area contributed by atoms with Crippen LogP contribution in [0.1, 0.15) is 30.9 Å². The minimum Gasteiger partial charge on any atom is -0.330 e. The van der Waals surface area contributed by atoms with Gasteiger partial charge in [0.25, 0.3) is 0 Å². The van der Waals surface area contributed by atoms with E-state index in [1.165, 1.54) is 12.8 Å². The lowest BCUT2D eigenvalue weighted by atomic mass is 9.89. The first kappa shape index (κ1) is 14.0. The summed E-state index contributed by atoms with van der Waals surface area (Å²) in [6, 6.07) is 5.67. The molecule has 1 aromatic rings. The number of hydrogen-bond acceptors (Lipinski definition) is 2. The molecule has 2 unspecified atom stereocenters. The van der Waals surface area contributed by atoms with Crippen LogP contribution in [-0.2, 0) is 0 Å². The van der Waals surface area contributed by atoms with Crippen molar-refractivity contribution in [2.45, 2.75) is 25.3 Å². The lowest BCUT2D eigenvalue weighted by Crippen LogP contribution is -2.33. The fourth-order valence-electron chi connectivity index (χ4n) is 2.89. The summed E-state index contributed by atoms with van der Waals surface area (Å²) in [4.78, 5) is 2.31. The van der Waals surface area contributed by atoms with Gasteiger partial charge in [0.15, 0.2) is 0 Å². The van der Waals surface area contributed by atoms with Crippen LogP contribution in [0.5, 0.6) is 0 Å². The molecule has 0 radical (unpaired) electrons. The van der Waals surface area contributed by atoms with Crippen molar-refractivity contribution in [2.24, 2.45) is 11.7 Å². The Morgan fingerprint density at radius 3 is 2.89 bits per heavy atom. The van der Waals surface area contributed by atoms with Gasteiger partial charge in [0.05, 0.1) is 4.47 Å². The second-order valence-corrected chi connectivity index (χ2v) is 5.94. The first-order valence-corrected chi connectivity index (χ1v) is 7.28. The molecule has 2 atom stereocenters. The standard InChI is InChI=1S/C14H20BrFN2/c1-18-7-3-2-4-11(9-17)14(18)10-5-6-12(15)13(16)8-10/h5-6,8,11,14H,2-4,7,9,17H2,1H3. The lowest BCUT2D eigenvalue weighted by molar-refractivity contribution is 0.195. The smallest absolute Gasteiger partial charge is 0.137 e. The monoisotopic (exact) mass is 314 g/mol. The number of hydrogen-bond donors (Lipinski definition) is 1. The topological polar surface area (TPSA) is 29.3 Å². The van der Waals surface area contributed by atoms with Gasteiger partial charge in [-0.1, -0.05) is 12.5 Å². The highest BCUT2D eigenvalue weighted by atomic mass is 79.9. The molecule has 0 bridgehead atoms. The molecule has 1 aromatic carbocycles. The van der Waals surface area contributed by atoms with Crippen molar-refractivity contribution in [2.75, 3.05) is 20.1 Å². The largest absolute Gasteiger partial charge is 0.330 e. The lowest BCUT2D eigenvalue weighted by Gasteiger charge is -2.32. The van der Waals surface area contributed by atoms with Crippen LogP contribution in [0.2, 0.25) is 0 Å². The molecule has 2 nitrogen and oxygen atoms in total.